The van der Waals surface area contributed by atoms with Crippen LogP contribution in [0, 0.1) is 12.8 Å². The first kappa shape index (κ1) is 18.5. The number of likely N-dealkylation sites (tertiary alicyclic amines) is 1. The molecule has 1 unspecified atom stereocenters. The van der Waals surface area contributed by atoms with Gasteiger partial charge in [-0.05, 0) is 37.9 Å². The van der Waals surface area contributed by atoms with Crippen molar-refractivity contribution in [2.75, 3.05) is 25.0 Å². The predicted octanol–water partition coefficient (Wildman–Crippen LogP) is 1.84. The molecule has 1 aliphatic rings. The van der Waals surface area contributed by atoms with Gasteiger partial charge in [0.25, 0.3) is 5.91 Å². The first-order valence-corrected chi connectivity index (χ1v) is 9.62. The lowest BCUT2D eigenvalue weighted by Gasteiger charge is -2.31. The molecule has 3 rings (SSSR count). The lowest BCUT2D eigenvalue weighted by molar-refractivity contribution is -0.121. The van der Waals surface area contributed by atoms with Gasteiger partial charge in [0.05, 0.1) is 10.9 Å². The second-order valence-electron chi connectivity index (χ2n) is 6.47. The molecule has 138 valence electrons. The van der Waals surface area contributed by atoms with Crippen molar-refractivity contribution in [2.45, 2.75) is 26.2 Å². The zero-order chi connectivity index (χ0) is 18.5. The topological polar surface area (TPSA) is 101 Å². The summed E-state index contributed by atoms with van der Waals surface area (Å²) in [5.41, 5.74) is 7.01. The van der Waals surface area contributed by atoms with Crippen LogP contribution < -0.4 is 11.1 Å². The van der Waals surface area contributed by atoms with Gasteiger partial charge < -0.3 is 16.0 Å². The van der Waals surface area contributed by atoms with Crippen LogP contribution in [0.15, 0.2) is 23.7 Å². The van der Waals surface area contributed by atoms with Crippen molar-refractivity contribution in [1.29, 1.82) is 0 Å². The number of nitrogens with one attached hydrogen (secondary N) is 1. The molecular weight excluding hydrogens is 350 g/mol. The van der Waals surface area contributed by atoms with Crippen LogP contribution in [-0.4, -0.2) is 46.3 Å². The van der Waals surface area contributed by atoms with Gasteiger partial charge in [0.1, 0.15) is 11.5 Å². The monoisotopic (exact) mass is 373 g/mol. The highest BCUT2D eigenvalue weighted by Gasteiger charge is 2.30. The van der Waals surface area contributed by atoms with Gasteiger partial charge in [0.2, 0.25) is 5.91 Å². The van der Waals surface area contributed by atoms with E-state index in [0.29, 0.717) is 37.6 Å². The second kappa shape index (κ2) is 8.37. The van der Waals surface area contributed by atoms with Crippen LogP contribution in [0.3, 0.4) is 0 Å². The fourth-order valence-electron chi connectivity index (χ4n) is 2.96. The number of nitrogens with two attached hydrogens (primary N) is 1. The Balaban J connectivity index is 1.61. The maximum Gasteiger partial charge on any atom is 0.273 e. The van der Waals surface area contributed by atoms with Gasteiger partial charge in [0.15, 0.2) is 0 Å². The van der Waals surface area contributed by atoms with Crippen LogP contribution in [0.25, 0.3) is 0 Å². The zero-order valence-electron chi connectivity index (χ0n) is 14.8. The van der Waals surface area contributed by atoms with Crippen molar-refractivity contribution in [3.63, 3.8) is 0 Å². The van der Waals surface area contributed by atoms with Crippen molar-refractivity contribution >= 4 is 29.0 Å². The van der Waals surface area contributed by atoms with Gasteiger partial charge in [-0.15, -0.1) is 11.3 Å². The molecule has 1 fully saturated rings. The van der Waals surface area contributed by atoms with Gasteiger partial charge >= 0.3 is 0 Å². The molecule has 2 amide bonds. The van der Waals surface area contributed by atoms with E-state index < -0.39 is 0 Å². The summed E-state index contributed by atoms with van der Waals surface area (Å²) >= 11 is 1.45. The molecule has 0 aliphatic carbocycles. The van der Waals surface area contributed by atoms with Gasteiger partial charge in [0, 0.05) is 31.1 Å². The lowest BCUT2D eigenvalue weighted by atomic mass is 9.97. The number of anilines is 1. The average Bonchev–Trinajstić information content (AvgIpc) is 3.12. The Hall–Kier alpha value is -2.32. The molecule has 2 aromatic rings. The molecule has 8 heteroatoms. The fourth-order valence-corrected chi connectivity index (χ4v) is 3.74. The number of nitrogens with zero attached hydrogens (tertiary/aromatic N) is 3. The van der Waals surface area contributed by atoms with Crippen molar-refractivity contribution in [1.82, 2.24) is 14.9 Å². The van der Waals surface area contributed by atoms with Crippen LogP contribution in [0.4, 0.5) is 5.82 Å². The summed E-state index contributed by atoms with van der Waals surface area (Å²) in [6.07, 6.45) is 3.95. The van der Waals surface area contributed by atoms with Gasteiger partial charge in [-0.2, -0.15) is 0 Å². The van der Waals surface area contributed by atoms with Gasteiger partial charge in [-0.1, -0.05) is 6.07 Å². The molecule has 0 bridgehead atoms. The Morgan fingerprint density at radius 2 is 2.27 bits per heavy atom. The van der Waals surface area contributed by atoms with Gasteiger partial charge in [-0.3, -0.25) is 9.59 Å². The molecule has 0 spiro atoms. The lowest BCUT2D eigenvalue weighted by Crippen LogP contribution is -2.44. The van der Waals surface area contributed by atoms with Crippen LogP contribution in [0.1, 0.15) is 33.9 Å². The Kier molecular flexibility index (Phi) is 5.95. The molecule has 26 heavy (non-hydrogen) atoms. The molecule has 1 aliphatic heterocycles. The van der Waals surface area contributed by atoms with Crippen molar-refractivity contribution < 1.29 is 9.59 Å². The first-order chi connectivity index (χ1) is 12.6. The normalized spacial score (nSPS) is 17.2. The number of carbonyl (C=O) groups is 2. The molecule has 7 nitrogen and oxygen atoms in total. The number of hydrogen-bond donors (Lipinski definition) is 2. The number of amides is 2. The minimum atomic E-state index is -0.238. The van der Waals surface area contributed by atoms with Crippen LogP contribution in [0.5, 0.6) is 0 Å². The number of hydrogen-bond acceptors (Lipinski definition) is 6. The number of thiazole rings is 1. The SMILES string of the molecule is Cc1ccc(NC(=O)C2CCCN(C(=O)c3csc(CCN)n3)C2)nc1. The number of carbonyl (C=O) groups excluding carboxylic acids is 2. The fraction of sp³-hybridized carbons (Fsp3) is 0.444. The highest BCUT2D eigenvalue weighted by molar-refractivity contribution is 7.09. The minimum Gasteiger partial charge on any atom is -0.336 e. The van der Waals surface area contributed by atoms with E-state index in [4.69, 9.17) is 5.73 Å². The van der Waals surface area contributed by atoms with E-state index in [-0.39, 0.29) is 17.7 Å². The van der Waals surface area contributed by atoms with E-state index in [0.717, 1.165) is 23.4 Å². The summed E-state index contributed by atoms with van der Waals surface area (Å²) < 4.78 is 0. The summed E-state index contributed by atoms with van der Waals surface area (Å²) in [6, 6.07) is 3.69. The van der Waals surface area contributed by atoms with Crippen LogP contribution in [-0.2, 0) is 11.2 Å². The maximum absolute atomic E-state index is 12.7. The van der Waals surface area contributed by atoms with Crippen LogP contribution in [0.2, 0.25) is 0 Å². The van der Waals surface area contributed by atoms with E-state index in [1.807, 2.05) is 13.0 Å². The molecule has 0 aromatic carbocycles. The quantitative estimate of drug-likeness (QED) is 0.833. The third-order valence-corrected chi connectivity index (χ3v) is 5.28. The highest BCUT2D eigenvalue weighted by Crippen LogP contribution is 2.21. The average molecular weight is 373 g/mol. The van der Waals surface area contributed by atoms with E-state index in [9.17, 15) is 9.59 Å². The van der Waals surface area contributed by atoms with Crippen molar-refractivity contribution in [3.8, 4) is 0 Å². The number of aryl methyl sites for hydroxylation is 1. The molecule has 3 N–H and O–H groups in total. The zero-order valence-corrected chi connectivity index (χ0v) is 15.6. The Bertz CT molecular complexity index is 774. The molecule has 0 radical (unpaired) electrons. The van der Waals surface area contributed by atoms with E-state index in [2.05, 4.69) is 15.3 Å². The van der Waals surface area contributed by atoms with E-state index in [1.165, 1.54) is 11.3 Å². The summed E-state index contributed by atoms with van der Waals surface area (Å²) in [4.78, 5) is 35.5. The summed E-state index contributed by atoms with van der Waals surface area (Å²) in [5, 5.41) is 5.48. The summed E-state index contributed by atoms with van der Waals surface area (Å²) in [6.45, 7) is 3.51. The standard InChI is InChI=1S/C18H23N5O2S/c1-12-4-5-15(20-9-12)22-17(24)13-3-2-8-23(10-13)18(25)14-11-26-16(21-14)6-7-19/h4-5,9,11,13H,2-3,6-8,10,19H2,1H3,(H,20,22,24). The van der Waals surface area contributed by atoms with Crippen molar-refractivity contribution in [3.05, 3.63) is 40.0 Å². The van der Waals surface area contributed by atoms with Crippen LogP contribution >= 0.6 is 11.3 Å². The van der Waals surface area contributed by atoms with Gasteiger partial charge in [-0.25, -0.2) is 9.97 Å². The third kappa shape index (κ3) is 4.44. The minimum absolute atomic E-state index is 0.0963. The second-order valence-corrected chi connectivity index (χ2v) is 7.41. The van der Waals surface area contributed by atoms with E-state index >= 15 is 0 Å². The molecule has 3 heterocycles. The molecule has 1 atom stereocenters. The number of rotatable bonds is 5. The number of aromatic nitrogens is 2. The smallest absolute Gasteiger partial charge is 0.273 e. The highest BCUT2D eigenvalue weighted by atomic mass is 32.1. The largest absolute Gasteiger partial charge is 0.336 e. The Morgan fingerprint density at radius 3 is 3.00 bits per heavy atom. The number of pyridine rings is 1. The third-order valence-electron chi connectivity index (χ3n) is 4.37. The maximum atomic E-state index is 12.7. The Labute approximate surface area is 156 Å². The summed E-state index contributed by atoms with van der Waals surface area (Å²) in [7, 11) is 0. The molecule has 1 saturated heterocycles. The predicted molar refractivity (Wildman–Crippen MR) is 101 cm³/mol. The molecule has 0 saturated carbocycles. The number of piperidine rings is 1. The molecular formula is C18H23N5O2S. The first-order valence-electron chi connectivity index (χ1n) is 8.74. The molecule has 2 aromatic heterocycles. The summed E-state index contributed by atoms with van der Waals surface area (Å²) in [5.74, 6) is 0.0874. The van der Waals surface area contributed by atoms with Crippen molar-refractivity contribution in [2.24, 2.45) is 11.7 Å². The van der Waals surface area contributed by atoms with E-state index in [1.54, 1.807) is 22.5 Å². The Morgan fingerprint density at radius 1 is 1.42 bits per heavy atom.